The fraction of sp³-hybridized carbons (Fsp3) is 0.667. The second kappa shape index (κ2) is 2.69. The molecule has 1 rings (SSSR count). The van der Waals surface area contributed by atoms with Crippen molar-refractivity contribution in [2.24, 2.45) is 0 Å². The molecule has 0 aromatic carbocycles. The summed E-state index contributed by atoms with van der Waals surface area (Å²) in [6.07, 6.45) is 0. The Balaban J connectivity index is 0.000000360. The Morgan fingerprint density at radius 2 is 1.71 bits per heavy atom. The molecule has 3 nitrogen and oxygen atoms in total. The molecule has 4 heteroatoms. The van der Waals surface area contributed by atoms with Crippen molar-refractivity contribution in [2.75, 3.05) is 13.1 Å². The zero-order valence-corrected chi connectivity index (χ0v) is 4.55. The molecule has 1 saturated heterocycles. The van der Waals surface area contributed by atoms with E-state index >= 15 is 0 Å². The van der Waals surface area contributed by atoms with E-state index in [2.05, 4.69) is 10.6 Å². The van der Waals surface area contributed by atoms with E-state index in [0.717, 1.165) is 13.1 Å². The van der Waals surface area contributed by atoms with Gasteiger partial charge in [0.2, 0.25) is 0 Å². The van der Waals surface area contributed by atoms with Crippen LogP contribution in [0.1, 0.15) is 0 Å². The Labute approximate surface area is 47.9 Å². The lowest BCUT2D eigenvalue weighted by Gasteiger charge is -1.80. The van der Waals surface area contributed by atoms with E-state index in [0.29, 0.717) is 0 Å². The highest BCUT2D eigenvalue weighted by Crippen LogP contribution is 1.69. The summed E-state index contributed by atoms with van der Waals surface area (Å²) in [5, 5.41) is 5.14. The summed E-state index contributed by atoms with van der Waals surface area (Å²) in [4.78, 5) is 10.0. The van der Waals surface area contributed by atoms with Crippen LogP contribution in [0.3, 0.4) is 0 Å². The number of halogens is 1. The lowest BCUT2D eigenvalue weighted by molar-refractivity contribution is 0.248. The first-order chi connectivity index (χ1) is 2.89. The van der Waals surface area contributed by atoms with E-state index in [1.165, 1.54) is 0 Å². The molecule has 0 spiro atoms. The standard InChI is InChI=1S/C3H6N2O.ClH/c6-3-4-1-2-5-3;/h1-2H2,(H2,4,5,6);1H. The first-order valence-corrected chi connectivity index (χ1v) is 1.91. The highest BCUT2D eigenvalue weighted by atomic mass is 35.5. The van der Waals surface area contributed by atoms with Crippen molar-refractivity contribution in [3.8, 4) is 0 Å². The lowest BCUT2D eigenvalue weighted by atomic mass is 10.7. The van der Waals surface area contributed by atoms with Gasteiger partial charge in [-0.15, -0.1) is 12.4 Å². The van der Waals surface area contributed by atoms with Crippen LogP contribution in [0.25, 0.3) is 0 Å². The number of nitrogens with one attached hydrogen (secondary N) is 2. The van der Waals surface area contributed by atoms with Gasteiger partial charge in [-0.3, -0.25) is 0 Å². The number of amides is 2. The summed E-state index contributed by atoms with van der Waals surface area (Å²) < 4.78 is 0. The molecule has 0 bridgehead atoms. The zero-order valence-electron chi connectivity index (χ0n) is 3.73. The van der Waals surface area contributed by atoms with Crippen molar-refractivity contribution >= 4 is 18.4 Å². The molecule has 0 atom stereocenters. The van der Waals surface area contributed by atoms with Gasteiger partial charge in [0.15, 0.2) is 0 Å². The Morgan fingerprint density at radius 3 is 1.86 bits per heavy atom. The molecule has 0 aliphatic carbocycles. The highest BCUT2D eigenvalue weighted by molar-refractivity contribution is 5.85. The van der Waals surface area contributed by atoms with Crippen LogP contribution in [-0.4, -0.2) is 19.1 Å². The minimum Gasteiger partial charge on any atom is -0.336 e. The van der Waals surface area contributed by atoms with Gasteiger partial charge in [-0.2, -0.15) is 0 Å². The topological polar surface area (TPSA) is 41.1 Å². The van der Waals surface area contributed by atoms with E-state index in [9.17, 15) is 4.79 Å². The average molecular weight is 123 g/mol. The van der Waals surface area contributed by atoms with Gasteiger partial charge in [-0.05, 0) is 0 Å². The second-order valence-electron chi connectivity index (χ2n) is 1.18. The van der Waals surface area contributed by atoms with Crippen molar-refractivity contribution in [1.29, 1.82) is 0 Å². The Kier molecular flexibility index (Phi) is 2.52. The van der Waals surface area contributed by atoms with Gasteiger partial charge >= 0.3 is 6.03 Å². The van der Waals surface area contributed by atoms with Gasteiger partial charge in [0.25, 0.3) is 0 Å². The average Bonchev–Trinajstić information content (AvgIpc) is 1.86. The van der Waals surface area contributed by atoms with Crippen molar-refractivity contribution in [3.63, 3.8) is 0 Å². The first kappa shape index (κ1) is 6.56. The van der Waals surface area contributed by atoms with Gasteiger partial charge in [0.1, 0.15) is 0 Å². The van der Waals surface area contributed by atoms with Gasteiger partial charge in [0, 0.05) is 13.1 Å². The van der Waals surface area contributed by atoms with E-state index in [4.69, 9.17) is 0 Å². The molecule has 1 aliphatic rings. The summed E-state index contributed by atoms with van der Waals surface area (Å²) in [5.74, 6) is 0. The molecule has 0 aromatic heterocycles. The van der Waals surface area contributed by atoms with Crippen molar-refractivity contribution in [2.45, 2.75) is 0 Å². The summed E-state index contributed by atoms with van der Waals surface area (Å²) in [6, 6.07) is -0.0463. The van der Waals surface area contributed by atoms with Crippen LogP contribution < -0.4 is 10.6 Å². The third-order valence-electron chi connectivity index (χ3n) is 0.696. The van der Waals surface area contributed by atoms with Crippen LogP contribution in [0.5, 0.6) is 0 Å². The molecule has 0 unspecified atom stereocenters. The van der Waals surface area contributed by atoms with Gasteiger partial charge < -0.3 is 10.6 Å². The van der Waals surface area contributed by atoms with Crippen LogP contribution in [0.4, 0.5) is 4.79 Å². The quantitative estimate of drug-likeness (QED) is 0.456. The molecular formula is C3H7ClN2O. The molecule has 2 amide bonds. The Hall–Kier alpha value is -0.440. The minimum atomic E-state index is -0.0463. The fourth-order valence-electron chi connectivity index (χ4n) is 0.415. The molecule has 0 radical (unpaired) electrons. The van der Waals surface area contributed by atoms with E-state index in [1.54, 1.807) is 0 Å². The van der Waals surface area contributed by atoms with Crippen LogP contribution in [0, 0.1) is 0 Å². The molecule has 0 saturated carbocycles. The summed E-state index contributed by atoms with van der Waals surface area (Å²) in [5.41, 5.74) is 0. The van der Waals surface area contributed by atoms with E-state index in [1.807, 2.05) is 0 Å². The molecule has 1 aliphatic heterocycles. The number of hydrogen-bond acceptors (Lipinski definition) is 1. The van der Waals surface area contributed by atoms with Crippen molar-refractivity contribution in [3.05, 3.63) is 0 Å². The fourth-order valence-corrected chi connectivity index (χ4v) is 0.415. The smallest absolute Gasteiger partial charge is 0.314 e. The maximum Gasteiger partial charge on any atom is 0.314 e. The van der Waals surface area contributed by atoms with Crippen molar-refractivity contribution in [1.82, 2.24) is 10.6 Å². The number of urea groups is 1. The third kappa shape index (κ3) is 1.64. The normalized spacial score (nSPS) is 16.9. The number of rotatable bonds is 0. The molecule has 2 N–H and O–H groups in total. The summed E-state index contributed by atoms with van der Waals surface area (Å²) >= 11 is 0. The number of carbonyl (C=O) groups is 1. The molecular weight excluding hydrogens is 115 g/mol. The van der Waals surface area contributed by atoms with Gasteiger partial charge in [-0.1, -0.05) is 0 Å². The maximum atomic E-state index is 10.0. The Bertz CT molecular complexity index is 67.3. The van der Waals surface area contributed by atoms with Crippen LogP contribution in [-0.2, 0) is 0 Å². The second-order valence-corrected chi connectivity index (χ2v) is 1.18. The molecule has 0 aromatic rings. The van der Waals surface area contributed by atoms with Crippen LogP contribution in [0.15, 0.2) is 0 Å². The minimum absolute atomic E-state index is 0. The van der Waals surface area contributed by atoms with Crippen LogP contribution in [0.2, 0.25) is 0 Å². The third-order valence-corrected chi connectivity index (χ3v) is 0.696. The summed E-state index contributed by atoms with van der Waals surface area (Å²) in [7, 11) is 0. The van der Waals surface area contributed by atoms with E-state index in [-0.39, 0.29) is 18.4 Å². The monoisotopic (exact) mass is 122 g/mol. The molecule has 1 fully saturated rings. The maximum absolute atomic E-state index is 10.0. The molecule has 42 valence electrons. The highest BCUT2D eigenvalue weighted by Gasteiger charge is 2.02. The largest absolute Gasteiger partial charge is 0.336 e. The predicted octanol–water partition coefficient (Wildman–Crippen LogP) is -0.279. The van der Waals surface area contributed by atoms with Crippen LogP contribution >= 0.6 is 12.4 Å². The lowest BCUT2D eigenvalue weighted by Crippen LogP contribution is -2.20. The SMILES string of the molecule is Cl.O=C1NCCN1. The predicted molar refractivity (Wildman–Crippen MR) is 28.6 cm³/mol. The Morgan fingerprint density at radius 1 is 1.29 bits per heavy atom. The van der Waals surface area contributed by atoms with Gasteiger partial charge in [0.05, 0.1) is 0 Å². The summed E-state index contributed by atoms with van der Waals surface area (Å²) in [6.45, 7) is 1.55. The van der Waals surface area contributed by atoms with E-state index < -0.39 is 0 Å². The van der Waals surface area contributed by atoms with Gasteiger partial charge in [-0.25, -0.2) is 4.79 Å². The first-order valence-electron chi connectivity index (χ1n) is 1.91. The van der Waals surface area contributed by atoms with Crippen molar-refractivity contribution < 1.29 is 4.79 Å². The number of carbonyl (C=O) groups excluding carboxylic acids is 1. The molecule has 7 heavy (non-hydrogen) atoms. The molecule has 1 heterocycles. The zero-order chi connectivity index (χ0) is 4.41. The number of hydrogen-bond donors (Lipinski definition) is 2.